The summed E-state index contributed by atoms with van der Waals surface area (Å²) in [7, 11) is 0. The standard InChI is InChI=1S/C18H12Cl2N2O3/c19-15-4-2-12(7-16(15)20)22-13-5-11(8-21-9-13)10-1-3-14(18(24)25)17(23)6-10/h1-9,22-23H,(H,24,25). The van der Waals surface area contributed by atoms with E-state index in [0.29, 0.717) is 21.3 Å². The summed E-state index contributed by atoms with van der Waals surface area (Å²) in [5, 5.41) is 22.9. The molecule has 0 radical (unpaired) electrons. The summed E-state index contributed by atoms with van der Waals surface area (Å²) in [5.74, 6) is -1.48. The Labute approximate surface area is 153 Å². The van der Waals surface area contributed by atoms with Gasteiger partial charge in [0.05, 0.1) is 21.9 Å². The van der Waals surface area contributed by atoms with E-state index < -0.39 is 5.97 Å². The quantitative estimate of drug-likeness (QED) is 0.584. The van der Waals surface area contributed by atoms with Crippen LogP contribution in [0.15, 0.2) is 54.9 Å². The molecule has 0 bridgehead atoms. The molecule has 5 nitrogen and oxygen atoms in total. The summed E-state index contributed by atoms with van der Waals surface area (Å²) in [5.41, 5.74) is 2.67. The molecule has 3 N–H and O–H groups in total. The number of rotatable bonds is 4. The molecule has 0 fully saturated rings. The second kappa shape index (κ2) is 7.01. The number of aromatic nitrogens is 1. The molecule has 0 aliphatic carbocycles. The molecule has 0 aliphatic heterocycles. The van der Waals surface area contributed by atoms with Crippen molar-refractivity contribution in [3.05, 3.63) is 70.5 Å². The topological polar surface area (TPSA) is 82.5 Å². The number of hydrogen-bond acceptors (Lipinski definition) is 4. The number of phenols is 1. The van der Waals surface area contributed by atoms with Crippen molar-refractivity contribution >= 4 is 40.5 Å². The highest BCUT2D eigenvalue weighted by Gasteiger charge is 2.11. The molecular weight excluding hydrogens is 363 g/mol. The minimum absolute atomic E-state index is 0.151. The Balaban J connectivity index is 1.90. The van der Waals surface area contributed by atoms with E-state index in [0.717, 1.165) is 11.3 Å². The lowest BCUT2D eigenvalue weighted by Gasteiger charge is -2.10. The number of nitrogens with zero attached hydrogens (tertiary/aromatic N) is 1. The van der Waals surface area contributed by atoms with E-state index in [1.165, 1.54) is 12.1 Å². The van der Waals surface area contributed by atoms with E-state index in [1.54, 1.807) is 36.7 Å². The maximum Gasteiger partial charge on any atom is 0.339 e. The van der Waals surface area contributed by atoms with Crippen LogP contribution in [0, 0.1) is 0 Å². The first-order valence-electron chi connectivity index (χ1n) is 7.18. The number of carbonyl (C=O) groups is 1. The summed E-state index contributed by atoms with van der Waals surface area (Å²) in [4.78, 5) is 15.1. The highest BCUT2D eigenvalue weighted by atomic mass is 35.5. The van der Waals surface area contributed by atoms with Crippen molar-refractivity contribution in [2.75, 3.05) is 5.32 Å². The molecular formula is C18H12Cl2N2O3. The van der Waals surface area contributed by atoms with Gasteiger partial charge in [-0.1, -0.05) is 29.3 Å². The Bertz CT molecular complexity index is 961. The van der Waals surface area contributed by atoms with Crippen molar-refractivity contribution < 1.29 is 15.0 Å². The average Bonchev–Trinajstić information content (AvgIpc) is 2.58. The van der Waals surface area contributed by atoms with Gasteiger partial charge in [0.25, 0.3) is 0 Å². The van der Waals surface area contributed by atoms with E-state index in [4.69, 9.17) is 28.3 Å². The predicted octanol–water partition coefficient (Wildman–Crippen LogP) is 5.20. The van der Waals surface area contributed by atoms with Crippen molar-refractivity contribution in [2.45, 2.75) is 0 Å². The van der Waals surface area contributed by atoms with Gasteiger partial charge in [0.2, 0.25) is 0 Å². The van der Waals surface area contributed by atoms with Crippen molar-refractivity contribution in [3.63, 3.8) is 0 Å². The van der Waals surface area contributed by atoms with Gasteiger partial charge >= 0.3 is 5.97 Å². The molecule has 0 spiro atoms. The minimum Gasteiger partial charge on any atom is -0.507 e. The molecule has 0 atom stereocenters. The maximum atomic E-state index is 11.0. The summed E-state index contributed by atoms with van der Waals surface area (Å²) >= 11 is 11.9. The van der Waals surface area contributed by atoms with Crippen LogP contribution < -0.4 is 5.32 Å². The minimum atomic E-state index is -1.18. The SMILES string of the molecule is O=C(O)c1ccc(-c2cncc(Nc3ccc(Cl)c(Cl)c3)c2)cc1O. The number of aromatic carboxylic acids is 1. The fourth-order valence-electron chi connectivity index (χ4n) is 2.30. The number of anilines is 2. The number of nitrogens with one attached hydrogen (secondary N) is 1. The summed E-state index contributed by atoms with van der Waals surface area (Å²) in [6.07, 6.45) is 3.26. The number of halogens is 2. The monoisotopic (exact) mass is 374 g/mol. The molecule has 1 aromatic heterocycles. The number of benzene rings is 2. The number of hydrogen-bond donors (Lipinski definition) is 3. The molecule has 1 heterocycles. The highest BCUT2D eigenvalue weighted by molar-refractivity contribution is 6.42. The van der Waals surface area contributed by atoms with Crippen molar-refractivity contribution in [1.29, 1.82) is 0 Å². The van der Waals surface area contributed by atoms with Crippen LogP contribution in [-0.2, 0) is 0 Å². The van der Waals surface area contributed by atoms with Crippen LogP contribution in [0.2, 0.25) is 10.0 Å². The zero-order valence-electron chi connectivity index (χ0n) is 12.7. The Morgan fingerprint density at radius 1 is 0.920 bits per heavy atom. The van der Waals surface area contributed by atoms with Crippen LogP contribution in [0.5, 0.6) is 5.75 Å². The number of carboxylic acid groups (broad SMARTS) is 1. The van der Waals surface area contributed by atoms with Gasteiger partial charge in [-0.25, -0.2) is 4.79 Å². The molecule has 126 valence electrons. The smallest absolute Gasteiger partial charge is 0.339 e. The van der Waals surface area contributed by atoms with Gasteiger partial charge in [-0.05, 0) is 42.0 Å². The first kappa shape index (κ1) is 17.1. The van der Waals surface area contributed by atoms with Gasteiger partial charge in [-0.15, -0.1) is 0 Å². The lowest BCUT2D eigenvalue weighted by molar-refractivity contribution is 0.0694. The van der Waals surface area contributed by atoms with E-state index in [-0.39, 0.29) is 11.3 Å². The van der Waals surface area contributed by atoms with Gasteiger partial charge in [0.15, 0.2) is 0 Å². The largest absolute Gasteiger partial charge is 0.507 e. The van der Waals surface area contributed by atoms with Gasteiger partial charge in [-0.2, -0.15) is 0 Å². The number of aromatic hydroxyl groups is 1. The van der Waals surface area contributed by atoms with Crippen LogP contribution in [0.1, 0.15) is 10.4 Å². The third kappa shape index (κ3) is 3.84. The normalized spacial score (nSPS) is 10.5. The summed E-state index contributed by atoms with van der Waals surface area (Å²) in [6.45, 7) is 0. The third-order valence-electron chi connectivity index (χ3n) is 3.51. The van der Waals surface area contributed by atoms with Crippen molar-refractivity contribution in [3.8, 4) is 16.9 Å². The molecule has 0 amide bonds. The van der Waals surface area contributed by atoms with E-state index in [1.807, 2.05) is 6.07 Å². The Kier molecular flexibility index (Phi) is 4.79. The van der Waals surface area contributed by atoms with E-state index >= 15 is 0 Å². The van der Waals surface area contributed by atoms with Gasteiger partial charge in [0.1, 0.15) is 11.3 Å². The lowest BCUT2D eigenvalue weighted by Crippen LogP contribution is -1.97. The van der Waals surface area contributed by atoms with Crippen LogP contribution in [-0.4, -0.2) is 21.2 Å². The second-order valence-corrected chi connectivity index (χ2v) is 6.07. The lowest BCUT2D eigenvalue weighted by atomic mass is 10.0. The summed E-state index contributed by atoms with van der Waals surface area (Å²) < 4.78 is 0. The van der Waals surface area contributed by atoms with E-state index in [2.05, 4.69) is 10.3 Å². The van der Waals surface area contributed by atoms with Crippen LogP contribution in [0.3, 0.4) is 0 Å². The molecule has 0 aliphatic rings. The van der Waals surface area contributed by atoms with Crippen LogP contribution in [0.25, 0.3) is 11.1 Å². The fourth-order valence-corrected chi connectivity index (χ4v) is 2.60. The molecule has 0 saturated heterocycles. The van der Waals surface area contributed by atoms with Crippen LogP contribution in [0.4, 0.5) is 11.4 Å². The zero-order valence-corrected chi connectivity index (χ0v) is 14.2. The fraction of sp³-hybridized carbons (Fsp3) is 0. The first-order valence-corrected chi connectivity index (χ1v) is 7.93. The molecule has 3 aromatic rings. The van der Waals surface area contributed by atoms with Crippen molar-refractivity contribution in [2.24, 2.45) is 0 Å². The van der Waals surface area contributed by atoms with Crippen LogP contribution >= 0.6 is 23.2 Å². The first-order chi connectivity index (χ1) is 11.9. The molecule has 25 heavy (non-hydrogen) atoms. The van der Waals surface area contributed by atoms with Crippen molar-refractivity contribution in [1.82, 2.24) is 4.98 Å². The zero-order chi connectivity index (χ0) is 18.0. The molecule has 2 aromatic carbocycles. The molecule has 0 unspecified atom stereocenters. The van der Waals surface area contributed by atoms with Gasteiger partial charge < -0.3 is 15.5 Å². The Morgan fingerprint density at radius 3 is 2.40 bits per heavy atom. The Morgan fingerprint density at radius 2 is 1.72 bits per heavy atom. The molecule has 7 heteroatoms. The Hall–Kier alpha value is -2.76. The second-order valence-electron chi connectivity index (χ2n) is 5.25. The summed E-state index contributed by atoms with van der Waals surface area (Å²) in [6, 6.07) is 11.4. The van der Waals surface area contributed by atoms with Gasteiger partial charge in [0, 0.05) is 17.4 Å². The molecule has 3 rings (SSSR count). The molecule has 0 saturated carbocycles. The number of pyridine rings is 1. The number of carboxylic acids is 1. The third-order valence-corrected chi connectivity index (χ3v) is 4.25. The maximum absolute atomic E-state index is 11.0. The predicted molar refractivity (Wildman–Crippen MR) is 98.0 cm³/mol. The highest BCUT2D eigenvalue weighted by Crippen LogP contribution is 2.30. The average molecular weight is 375 g/mol. The van der Waals surface area contributed by atoms with Gasteiger partial charge in [-0.3, -0.25) is 4.98 Å². The van der Waals surface area contributed by atoms with E-state index in [9.17, 15) is 9.90 Å².